The Labute approximate surface area is 111 Å². The SMILES string of the molecule is O=C(NC1(CO)CCCCC1)c1ccncc1Cl. The van der Waals surface area contributed by atoms with E-state index in [4.69, 9.17) is 11.6 Å². The lowest BCUT2D eigenvalue weighted by atomic mass is 9.82. The molecule has 1 aliphatic carbocycles. The third-order valence-electron chi connectivity index (χ3n) is 3.51. The first-order chi connectivity index (χ1) is 8.67. The largest absolute Gasteiger partial charge is 0.394 e. The van der Waals surface area contributed by atoms with Gasteiger partial charge in [-0.25, -0.2) is 0 Å². The fourth-order valence-electron chi connectivity index (χ4n) is 2.42. The summed E-state index contributed by atoms with van der Waals surface area (Å²) < 4.78 is 0. The second kappa shape index (κ2) is 5.67. The summed E-state index contributed by atoms with van der Waals surface area (Å²) in [7, 11) is 0. The Balaban J connectivity index is 2.13. The molecule has 1 saturated carbocycles. The van der Waals surface area contributed by atoms with Gasteiger partial charge in [-0.15, -0.1) is 0 Å². The Kier molecular flexibility index (Phi) is 4.19. The number of amides is 1. The molecule has 0 aromatic carbocycles. The number of aliphatic hydroxyl groups is 1. The predicted molar refractivity (Wildman–Crippen MR) is 69.6 cm³/mol. The minimum Gasteiger partial charge on any atom is -0.394 e. The summed E-state index contributed by atoms with van der Waals surface area (Å²) in [5, 5.41) is 12.8. The van der Waals surface area contributed by atoms with Crippen molar-refractivity contribution in [3.8, 4) is 0 Å². The van der Waals surface area contributed by atoms with Gasteiger partial charge in [-0.1, -0.05) is 30.9 Å². The molecular weight excluding hydrogens is 252 g/mol. The summed E-state index contributed by atoms with van der Waals surface area (Å²) in [6.45, 7) is -0.0263. The second-order valence-electron chi connectivity index (χ2n) is 4.81. The van der Waals surface area contributed by atoms with E-state index in [0.29, 0.717) is 10.6 Å². The van der Waals surface area contributed by atoms with Crippen LogP contribution in [0.3, 0.4) is 0 Å². The third kappa shape index (κ3) is 2.82. The predicted octanol–water partition coefficient (Wildman–Crippen LogP) is 2.16. The molecule has 0 spiro atoms. The van der Waals surface area contributed by atoms with Crippen molar-refractivity contribution in [2.75, 3.05) is 6.61 Å². The van der Waals surface area contributed by atoms with Crippen molar-refractivity contribution in [3.05, 3.63) is 29.0 Å². The number of halogens is 1. The Bertz CT molecular complexity index is 431. The number of carbonyl (C=O) groups excluding carboxylic acids is 1. The van der Waals surface area contributed by atoms with Crippen LogP contribution in [0.1, 0.15) is 42.5 Å². The van der Waals surface area contributed by atoms with Gasteiger partial charge in [-0.05, 0) is 18.9 Å². The van der Waals surface area contributed by atoms with Crippen LogP contribution in [0.15, 0.2) is 18.5 Å². The van der Waals surface area contributed by atoms with Gasteiger partial charge in [0.2, 0.25) is 0 Å². The van der Waals surface area contributed by atoms with Gasteiger partial charge < -0.3 is 10.4 Å². The van der Waals surface area contributed by atoms with Crippen LogP contribution in [0.4, 0.5) is 0 Å². The standard InChI is InChI=1S/C13H17ClN2O2/c14-11-8-15-7-4-10(11)12(18)16-13(9-17)5-2-1-3-6-13/h4,7-8,17H,1-3,5-6,9H2,(H,16,18). The van der Waals surface area contributed by atoms with Crippen molar-refractivity contribution < 1.29 is 9.90 Å². The van der Waals surface area contributed by atoms with Crippen molar-refractivity contribution in [2.45, 2.75) is 37.6 Å². The highest BCUT2D eigenvalue weighted by Crippen LogP contribution is 2.28. The van der Waals surface area contributed by atoms with Crippen LogP contribution in [-0.2, 0) is 0 Å². The summed E-state index contributed by atoms with van der Waals surface area (Å²) in [4.78, 5) is 16.0. The van der Waals surface area contributed by atoms with Crippen molar-refractivity contribution in [1.82, 2.24) is 10.3 Å². The van der Waals surface area contributed by atoms with Crippen molar-refractivity contribution in [1.29, 1.82) is 0 Å². The zero-order chi connectivity index (χ0) is 13.0. The smallest absolute Gasteiger partial charge is 0.253 e. The highest BCUT2D eigenvalue weighted by atomic mass is 35.5. The number of nitrogens with zero attached hydrogens (tertiary/aromatic N) is 1. The first-order valence-corrected chi connectivity index (χ1v) is 6.58. The summed E-state index contributed by atoms with van der Waals surface area (Å²) in [5.74, 6) is -0.238. The second-order valence-corrected chi connectivity index (χ2v) is 5.22. The van der Waals surface area contributed by atoms with Crippen LogP contribution >= 0.6 is 11.6 Å². The normalized spacial score (nSPS) is 18.3. The number of aromatic nitrogens is 1. The lowest BCUT2D eigenvalue weighted by molar-refractivity contribution is 0.0758. The fourth-order valence-corrected chi connectivity index (χ4v) is 2.62. The molecule has 1 fully saturated rings. The molecule has 1 aliphatic rings. The molecule has 1 heterocycles. The minimum absolute atomic E-state index is 0.0263. The molecule has 4 nitrogen and oxygen atoms in total. The molecule has 0 aliphatic heterocycles. The molecule has 0 saturated heterocycles. The molecule has 98 valence electrons. The van der Waals surface area contributed by atoms with Gasteiger partial charge in [-0.3, -0.25) is 9.78 Å². The number of hydrogen-bond acceptors (Lipinski definition) is 3. The minimum atomic E-state index is -0.484. The summed E-state index contributed by atoms with van der Waals surface area (Å²) >= 11 is 5.94. The van der Waals surface area contributed by atoms with Gasteiger partial charge in [0.1, 0.15) is 0 Å². The first kappa shape index (κ1) is 13.3. The monoisotopic (exact) mass is 268 g/mol. The van der Waals surface area contributed by atoms with E-state index in [1.807, 2.05) is 0 Å². The molecule has 2 N–H and O–H groups in total. The molecular formula is C13H17ClN2O2. The van der Waals surface area contributed by atoms with Crippen molar-refractivity contribution in [3.63, 3.8) is 0 Å². The van der Waals surface area contributed by atoms with E-state index in [2.05, 4.69) is 10.3 Å². The van der Waals surface area contributed by atoms with Crippen LogP contribution in [-0.4, -0.2) is 28.1 Å². The molecule has 0 unspecified atom stereocenters. The number of rotatable bonds is 3. The van der Waals surface area contributed by atoms with Crippen LogP contribution < -0.4 is 5.32 Å². The van der Waals surface area contributed by atoms with Gasteiger partial charge in [-0.2, -0.15) is 0 Å². The number of pyridine rings is 1. The summed E-state index contributed by atoms with van der Waals surface area (Å²) in [6.07, 6.45) is 7.84. The van der Waals surface area contributed by atoms with E-state index in [1.54, 1.807) is 6.07 Å². The van der Waals surface area contributed by atoms with Crippen LogP contribution in [0.25, 0.3) is 0 Å². The van der Waals surface area contributed by atoms with Crippen LogP contribution in [0.5, 0.6) is 0 Å². The molecule has 0 radical (unpaired) electrons. The average molecular weight is 269 g/mol. The highest BCUT2D eigenvalue weighted by molar-refractivity contribution is 6.33. The lowest BCUT2D eigenvalue weighted by Gasteiger charge is -2.36. The van der Waals surface area contributed by atoms with E-state index in [9.17, 15) is 9.90 Å². The van der Waals surface area contributed by atoms with E-state index in [1.165, 1.54) is 12.4 Å². The Morgan fingerprint density at radius 2 is 2.17 bits per heavy atom. The van der Waals surface area contributed by atoms with E-state index >= 15 is 0 Å². The number of aliphatic hydroxyl groups excluding tert-OH is 1. The maximum Gasteiger partial charge on any atom is 0.253 e. The molecule has 1 amide bonds. The maximum absolute atomic E-state index is 12.2. The zero-order valence-corrected chi connectivity index (χ0v) is 10.9. The fraction of sp³-hybridized carbons (Fsp3) is 0.538. The number of carbonyl (C=O) groups is 1. The summed E-state index contributed by atoms with van der Waals surface area (Å²) in [6, 6.07) is 1.59. The Hall–Kier alpha value is -1.13. The Morgan fingerprint density at radius 1 is 1.44 bits per heavy atom. The topological polar surface area (TPSA) is 62.2 Å². The molecule has 18 heavy (non-hydrogen) atoms. The lowest BCUT2D eigenvalue weighted by Crippen LogP contribution is -2.52. The van der Waals surface area contributed by atoms with Gasteiger partial charge in [0.25, 0.3) is 5.91 Å². The third-order valence-corrected chi connectivity index (χ3v) is 3.81. The van der Waals surface area contributed by atoms with E-state index in [-0.39, 0.29) is 12.5 Å². The average Bonchev–Trinajstić information content (AvgIpc) is 2.40. The van der Waals surface area contributed by atoms with Crippen molar-refractivity contribution >= 4 is 17.5 Å². The molecule has 5 heteroatoms. The molecule has 2 rings (SSSR count). The number of hydrogen-bond donors (Lipinski definition) is 2. The molecule has 0 atom stereocenters. The molecule has 1 aromatic rings. The van der Waals surface area contributed by atoms with Gasteiger partial charge in [0, 0.05) is 12.4 Å². The van der Waals surface area contributed by atoms with E-state index in [0.717, 1.165) is 32.1 Å². The van der Waals surface area contributed by atoms with Gasteiger partial charge >= 0.3 is 0 Å². The quantitative estimate of drug-likeness (QED) is 0.883. The first-order valence-electron chi connectivity index (χ1n) is 6.20. The molecule has 1 aromatic heterocycles. The van der Waals surface area contributed by atoms with Crippen molar-refractivity contribution in [2.24, 2.45) is 0 Å². The maximum atomic E-state index is 12.2. The Morgan fingerprint density at radius 3 is 2.78 bits per heavy atom. The van der Waals surface area contributed by atoms with Crippen LogP contribution in [0.2, 0.25) is 5.02 Å². The van der Waals surface area contributed by atoms with Gasteiger partial charge in [0.15, 0.2) is 0 Å². The molecule has 0 bridgehead atoms. The van der Waals surface area contributed by atoms with Gasteiger partial charge in [0.05, 0.1) is 22.7 Å². The highest BCUT2D eigenvalue weighted by Gasteiger charge is 2.33. The van der Waals surface area contributed by atoms with E-state index < -0.39 is 5.54 Å². The zero-order valence-electron chi connectivity index (χ0n) is 10.2. The van der Waals surface area contributed by atoms with Crippen LogP contribution in [0, 0.1) is 0 Å². The number of nitrogens with one attached hydrogen (secondary N) is 1. The summed E-state index contributed by atoms with van der Waals surface area (Å²) in [5.41, 5.74) is -0.0767.